The maximum absolute atomic E-state index is 12.8. The third-order valence-corrected chi connectivity index (χ3v) is 7.07. The van der Waals surface area contributed by atoms with E-state index in [1.54, 1.807) is 12.1 Å². The fourth-order valence-corrected chi connectivity index (χ4v) is 4.94. The molecule has 31 heavy (non-hydrogen) atoms. The van der Waals surface area contributed by atoms with Crippen molar-refractivity contribution >= 4 is 21.6 Å². The predicted octanol–water partition coefficient (Wildman–Crippen LogP) is 5.88. The molecule has 6 heteroatoms. The molecule has 3 aromatic carbocycles. The van der Waals surface area contributed by atoms with Crippen LogP contribution in [0, 0.1) is 5.92 Å². The summed E-state index contributed by atoms with van der Waals surface area (Å²) in [6.45, 7) is 4.88. The summed E-state index contributed by atoms with van der Waals surface area (Å²) >= 11 is 5.94. The van der Waals surface area contributed by atoms with E-state index in [0.29, 0.717) is 17.5 Å². The van der Waals surface area contributed by atoms with Crippen LogP contribution in [0.5, 0.6) is 5.75 Å². The molecule has 4 nitrogen and oxygen atoms in total. The smallest absolute Gasteiger partial charge is 0.240 e. The fraction of sp³-hybridized carbons (Fsp3) is 0.280. The van der Waals surface area contributed by atoms with Gasteiger partial charge >= 0.3 is 0 Å². The van der Waals surface area contributed by atoms with Gasteiger partial charge in [0.15, 0.2) is 0 Å². The normalized spacial score (nSPS) is 18.2. The molecule has 0 unspecified atom stereocenters. The van der Waals surface area contributed by atoms with Crippen LogP contribution in [0.3, 0.4) is 0 Å². The number of halogens is 1. The van der Waals surface area contributed by atoms with Crippen molar-refractivity contribution in [3.8, 4) is 16.9 Å². The number of hydrogen-bond acceptors (Lipinski definition) is 3. The van der Waals surface area contributed by atoms with E-state index in [1.165, 1.54) is 0 Å². The van der Waals surface area contributed by atoms with Gasteiger partial charge in [-0.2, -0.15) is 0 Å². The van der Waals surface area contributed by atoms with Gasteiger partial charge < -0.3 is 4.74 Å². The number of nitrogens with one attached hydrogen (secondary N) is 1. The van der Waals surface area contributed by atoms with Gasteiger partial charge in [0.25, 0.3) is 0 Å². The molecule has 0 aliphatic heterocycles. The van der Waals surface area contributed by atoms with Crippen molar-refractivity contribution in [1.82, 2.24) is 4.72 Å². The van der Waals surface area contributed by atoms with Crippen LogP contribution in [-0.4, -0.2) is 21.1 Å². The van der Waals surface area contributed by atoms with Crippen molar-refractivity contribution in [3.63, 3.8) is 0 Å². The van der Waals surface area contributed by atoms with Gasteiger partial charge in [0.05, 0.1) is 11.5 Å². The summed E-state index contributed by atoms with van der Waals surface area (Å²) in [5.74, 6) is 1.46. The van der Waals surface area contributed by atoms with Crippen LogP contribution in [-0.2, 0) is 10.0 Å². The van der Waals surface area contributed by atoms with Gasteiger partial charge in [-0.15, -0.1) is 0 Å². The van der Waals surface area contributed by atoms with E-state index in [1.807, 2.05) is 60.7 Å². The lowest BCUT2D eigenvalue weighted by Gasteiger charge is -2.10. The van der Waals surface area contributed by atoms with Crippen molar-refractivity contribution in [1.29, 1.82) is 0 Å². The lowest BCUT2D eigenvalue weighted by atomic mass is 10.1. The molecule has 162 valence electrons. The highest BCUT2D eigenvalue weighted by Gasteiger charge is 2.41. The monoisotopic (exact) mass is 455 g/mol. The van der Waals surface area contributed by atoms with Crippen molar-refractivity contribution in [2.24, 2.45) is 5.92 Å². The van der Waals surface area contributed by atoms with E-state index in [2.05, 4.69) is 18.6 Å². The number of sulfonamides is 1. The standard InChI is InChI=1S/C25H26ClNO3S/c1-17(2)16-30-22-5-3-4-20(14-22)24-15-25(24)27-31(28,29)23-12-8-19(9-13-23)18-6-10-21(26)11-7-18/h3-14,17,24-25,27H,15-16H2,1-2H3/t24-,25+/m0/s1. The van der Waals surface area contributed by atoms with Crippen LogP contribution in [0.25, 0.3) is 11.1 Å². The molecule has 0 radical (unpaired) electrons. The zero-order chi connectivity index (χ0) is 22.0. The number of rotatable bonds is 8. The Morgan fingerprint density at radius 3 is 2.29 bits per heavy atom. The zero-order valence-electron chi connectivity index (χ0n) is 17.6. The molecule has 1 N–H and O–H groups in total. The van der Waals surface area contributed by atoms with Crippen LogP contribution in [0.1, 0.15) is 31.7 Å². The van der Waals surface area contributed by atoms with E-state index < -0.39 is 10.0 Å². The fourth-order valence-electron chi connectivity index (χ4n) is 3.53. The Kier molecular flexibility index (Phi) is 6.37. The van der Waals surface area contributed by atoms with E-state index in [0.717, 1.165) is 28.9 Å². The quantitative estimate of drug-likeness (QED) is 0.461. The average Bonchev–Trinajstić information content (AvgIpc) is 3.51. The third-order valence-electron chi connectivity index (χ3n) is 5.31. The minimum atomic E-state index is -3.58. The molecule has 1 saturated carbocycles. The van der Waals surface area contributed by atoms with Gasteiger partial charge in [-0.1, -0.05) is 61.8 Å². The topological polar surface area (TPSA) is 55.4 Å². The molecule has 2 atom stereocenters. The van der Waals surface area contributed by atoms with Gasteiger partial charge in [-0.3, -0.25) is 0 Å². The predicted molar refractivity (Wildman–Crippen MR) is 125 cm³/mol. The summed E-state index contributed by atoms with van der Waals surface area (Å²) in [7, 11) is -3.58. The van der Waals surface area contributed by atoms with Crippen LogP contribution >= 0.6 is 11.6 Å². The molecule has 0 heterocycles. The van der Waals surface area contributed by atoms with Gasteiger partial charge in [-0.05, 0) is 65.4 Å². The first kappa shape index (κ1) is 21.9. The SMILES string of the molecule is CC(C)COc1cccc([C@@H]2C[C@H]2NS(=O)(=O)c2ccc(-c3ccc(Cl)cc3)cc2)c1. The lowest BCUT2D eigenvalue weighted by molar-refractivity contribution is 0.271. The Bertz CT molecular complexity index is 1140. The summed E-state index contributed by atoms with van der Waals surface area (Å²) in [5, 5.41) is 0.670. The number of hydrogen-bond donors (Lipinski definition) is 1. The average molecular weight is 456 g/mol. The van der Waals surface area contributed by atoms with Crippen molar-refractivity contribution in [2.75, 3.05) is 6.61 Å². The van der Waals surface area contributed by atoms with Gasteiger partial charge in [0.2, 0.25) is 10.0 Å². The maximum atomic E-state index is 12.8. The van der Waals surface area contributed by atoms with Crippen LogP contribution < -0.4 is 9.46 Å². The van der Waals surface area contributed by atoms with E-state index in [9.17, 15) is 8.42 Å². The number of benzene rings is 3. The minimum Gasteiger partial charge on any atom is -0.493 e. The molecule has 0 bridgehead atoms. The van der Waals surface area contributed by atoms with Crippen molar-refractivity contribution in [2.45, 2.75) is 37.1 Å². The first-order valence-electron chi connectivity index (χ1n) is 10.4. The second-order valence-electron chi connectivity index (χ2n) is 8.38. The third kappa shape index (κ3) is 5.48. The second kappa shape index (κ2) is 9.03. The van der Waals surface area contributed by atoms with Crippen LogP contribution in [0.4, 0.5) is 0 Å². The zero-order valence-corrected chi connectivity index (χ0v) is 19.2. The Labute approximate surface area is 189 Å². The highest BCUT2D eigenvalue weighted by Crippen LogP contribution is 2.42. The first-order valence-corrected chi connectivity index (χ1v) is 12.3. The first-order chi connectivity index (χ1) is 14.8. The van der Waals surface area contributed by atoms with Gasteiger partial charge in [-0.25, -0.2) is 13.1 Å². The van der Waals surface area contributed by atoms with Crippen LogP contribution in [0.15, 0.2) is 77.7 Å². The molecule has 4 rings (SSSR count). The Morgan fingerprint density at radius 2 is 1.65 bits per heavy atom. The Hall–Kier alpha value is -2.34. The van der Waals surface area contributed by atoms with E-state index in [-0.39, 0.29) is 16.9 Å². The lowest BCUT2D eigenvalue weighted by Crippen LogP contribution is -2.26. The Balaban J connectivity index is 1.41. The molecule has 3 aromatic rings. The van der Waals surface area contributed by atoms with Gasteiger partial charge in [0.1, 0.15) is 5.75 Å². The molecule has 0 aromatic heterocycles. The highest BCUT2D eigenvalue weighted by atomic mass is 35.5. The Morgan fingerprint density at radius 1 is 1.00 bits per heavy atom. The molecule has 1 fully saturated rings. The van der Waals surface area contributed by atoms with Crippen LogP contribution in [0.2, 0.25) is 5.02 Å². The summed E-state index contributed by atoms with van der Waals surface area (Å²) < 4.78 is 34.3. The second-order valence-corrected chi connectivity index (χ2v) is 10.5. The minimum absolute atomic E-state index is 0.0960. The van der Waals surface area contributed by atoms with Gasteiger partial charge in [0, 0.05) is 17.0 Å². The molecule has 0 spiro atoms. The molecule has 1 aliphatic carbocycles. The summed E-state index contributed by atoms with van der Waals surface area (Å²) in [4.78, 5) is 0.268. The molecule has 1 aliphatic rings. The summed E-state index contributed by atoms with van der Waals surface area (Å²) in [6, 6.07) is 22.2. The van der Waals surface area contributed by atoms with Crippen molar-refractivity contribution < 1.29 is 13.2 Å². The molecule has 0 amide bonds. The molecule has 0 saturated heterocycles. The largest absolute Gasteiger partial charge is 0.493 e. The molecular weight excluding hydrogens is 430 g/mol. The summed E-state index contributed by atoms with van der Waals surface area (Å²) in [5.41, 5.74) is 3.04. The molecular formula is C25H26ClNO3S. The summed E-state index contributed by atoms with van der Waals surface area (Å²) in [6.07, 6.45) is 0.787. The highest BCUT2D eigenvalue weighted by molar-refractivity contribution is 7.89. The van der Waals surface area contributed by atoms with E-state index in [4.69, 9.17) is 16.3 Å². The number of ether oxygens (including phenoxy) is 1. The van der Waals surface area contributed by atoms with Crippen molar-refractivity contribution in [3.05, 3.63) is 83.4 Å². The van der Waals surface area contributed by atoms with E-state index >= 15 is 0 Å². The maximum Gasteiger partial charge on any atom is 0.240 e.